The highest BCUT2D eigenvalue weighted by Gasteiger charge is 2.22. The minimum absolute atomic E-state index is 0.126. The first-order valence-corrected chi connectivity index (χ1v) is 11.9. The van der Waals surface area contributed by atoms with Crippen LogP contribution >= 0.6 is 11.6 Å². The van der Waals surface area contributed by atoms with Crippen molar-refractivity contribution in [3.63, 3.8) is 0 Å². The van der Waals surface area contributed by atoms with Crippen LogP contribution in [-0.2, 0) is 11.3 Å². The molecule has 8 heteroatoms. The number of benzene rings is 2. The van der Waals surface area contributed by atoms with Gasteiger partial charge in [0.05, 0.1) is 17.9 Å². The third-order valence-electron chi connectivity index (χ3n) is 6.24. The molecule has 0 aliphatic carbocycles. The van der Waals surface area contributed by atoms with Crippen molar-refractivity contribution in [3.05, 3.63) is 87.5 Å². The molecule has 0 spiro atoms. The van der Waals surface area contributed by atoms with Crippen LogP contribution in [0.4, 0.5) is 10.1 Å². The zero-order chi connectivity index (χ0) is 25.1. The smallest absolute Gasteiger partial charge is 0.246 e. The number of Topliss-reactive ketones (excluding diaryl/α,β-unsaturated/α-hetero) is 1. The normalized spacial score (nSPS) is 14.1. The molecule has 2 aromatic carbocycles. The molecule has 1 aromatic heterocycles. The van der Waals surface area contributed by atoms with Gasteiger partial charge in [-0.3, -0.25) is 9.59 Å². The fourth-order valence-electron chi connectivity index (χ4n) is 4.14. The summed E-state index contributed by atoms with van der Waals surface area (Å²) in [5.41, 5.74) is 4.55. The van der Waals surface area contributed by atoms with Gasteiger partial charge in [0.1, 0.15) is 11.0 Å². The largest absolute Gasteiger partial charge is 0.366 e. The number of amides is 1. The molecule has 35 heavy (non-hydrogen) atoms. The highest BCUT2D eigenvalue weighted by atomic mass is 35.5. The van der Waals surface area contributed by atoms with Gasteiger partial charge in [0.2, 0.25) is 5.91 Å². The van der Waals surface area contributed by atoms with Gasteiger partial charge in [-0.25, -0.2) is 9.07 Å². The molecule has 0 radical (unpaired) electrons. The lowest BCUT2D eigenvalue weighted by atomic mass is 10.1. The molecule has 6 nitrogen and oxygen atoms in total. The minimum Gasteiger partial charge on any atom is -0.366 e. The Labute approximate surface area is 209 Å². The van der Waals surface area contributed by atoms with E-state index in [1.807, 2.05) is 43.0 Å². The third-order valence-corrected chi connectivity index (χ3v) is 6.64. The number of aromatic nitrogens is 2. The van der Waals surface area contributed by atoms with Gasteiger partial charge in [0, 0.05) is 43.4 Å². The number of anilines is 1. The molecule has 4 rings (SSSR count). The van der Waals surface area contributed by atoms with E-state index in [1.54, 1.807) is 27.8 Å². The SMILES string of the molecule is CC(=O)c1ccc(N2CCN(C(=O)/C=C/c3c(C)nn(Cc4ccc(C)cc4)c3Cl)CC2)c(F)c1. The van der Waals surface area contributed by atoms with E-state index in [0.29, 0.717) is 49.1 Å². The average molecular weight is 495 g/mol. The van der Waals surface area contributed by atoms with Crippen molar-refractivity contribution in [2.75, 3.05) is 31.1 Å². The van der Waals surface area contributed by atoms with Crippen LogP contribution in [0.1, 0.15) is 39.7 Å². The van der Waals surface area contributed by atoms with E-state index in [0.717, 1.165) is 16.8 Å². The molecule has 1 aliphatic heterocycles. The molecule has 0 unspecified atom stereocenters. The average Bonchev–Trinajstić information content (AvgIpc) is 3.11. The van der Waals surface area contributed by atoms with Crippen LogP contribution in [-0.4, -0.2) is 52.5 Å². The minimum atomic E-state index is -0.426. The first kappa shape index (κ1) is 24.7. The molecule has 1 fully saturated rings. The Balaban J connectivity index is 1.38. The zero-order valence-electron chi connectivity index (χ0n) is 20.1. The summed E-state index contributed by atoms with van der Waals surface area (Å²) in [6.45, 7) is 7.82. The first-order valence-electron chi connectivity index (χ1n) is 11.5. The van der Waals surface area contributed by atoms with E-state index in [1.165, 1.54) is 24.6 Å². The van der Waals surface area contributed by atoms with Crippen molar-refractivity contribution in [2.45, 2.75) is 27.3 Å². The molecule has 2 heterocycles. The van der Waals surface area contributed by atoms with Gasteiger partial charge in [0.25, 0.3) is 0 Å². The van der Waals surface area contributed by atoms with Gasteiger partial charge in [-0.15, -0.1) is 0 Å². The van der Waals surface area contributed by atoms with E-state index in [9.17, 15) is 14.0 Å². The summed E-state index contributed by atoms with van der Waals surface area (Å²) in [6, 6.07) is 12.7. The monoisotopic (exact) mass is 494 g/mol. The lowest BCUT2D eigenvalue weighted by Crippen LogP contribution is -2.48. The van der Waals surface area contributed by atoms with Crippen LogP contribution in [0.3, 0.4) is 0 Å². The van der Waals surface area contributed by atoms with Crippen molar-refractivity contribution in [1.82, 2.24) is 14.7 Å². The van der Waals surface area contributed by atoms with Gasteiger partial charge in [0.15, 0.2) is 5.78 Å². The molecule has 1 saturated heterocycles. The van der Waals surface area contributed by atoms with Crippen LogP contribution < -0.4 is 4.90 Å². The van der Waals surface area contributed by atoms with Crippen LogP contribution in [0.15, 0.2) is 48.5 Å². The second kappa shape index (κ2) is 10.4. The number of nitrogens with zero attached hydrogens (tertiary/aromatic N) is 4. The van der Waals surface area contributed by atoms with Gasteiger partial charge < -0.3 is 9.80 Å². The Kier molecular flexibility index (Phi) is 7.36. The van der Waals surface area contributed by atoms with Crippen molar-refractivity contribution in [2.24, 2.45) is 0 Å². The highest BCUT2D eigenvalue weighted by molar-refractivity contribution is 6.31. The molecule has 0 atom stereocenters. The number of aryl methyl sites for hydroxylation is 2. The molecule has 0 bridgehead atoms. The maximum Gasteiger partial charge on any atom is 0.246 e. The maximum absolute atomic E-state index is 14.5. The fourth-order valence-corrected chi connectivity index (χ4v) is 4.44. The lowest BCUT2D eigenvalue weighted by Gasteiger charge is -2.35. The number of halogens is 2. The van der Waals surface area contributed by atoms with E-state index in [4.69, 9.17) is 11.6 Å². The number of carbonyl (C=O) groups excluding carboxylic acids is 2. The summed E-state index contributed by atoms with van der Waals surface area (Å²) in [5, 5.41) is 5.02. The topological polar surface area (TPSA) is 58.4 Å². The first-order chi connectivity index (χ1) is 16.7. The molecule has 3 aromatic rings. The van der Waals surface area contributed by atoms with Crippen molar-refractivity contribution < 1.29 is 14.0 Å². The maximum atomic E-state index is 14.5. The molecule has 1 aliphatic rings. The number of carbonyl (C=O) groups is 2. The van der Waals surface area contributed by atoms with E-state index in [-0.39, 0.29) is 11.7 Å². The highest BCUT2D eigenvalue weighted by Crippen LogP contribution is 2.24. The van der Waals surface area contributed by atoms with Gasteiger partial charge in [-0.05, 0) is 50.6 Å². The Hall–Kier alpha value is -3.45. The predicted molar refractivity (Wildman–Crippen MR) is 136 cm³/mol. The molecule has 1 amide bonds. The Morgan fingerprint density at radius 3 is 2.37 bits per heavy atom. The fraction of sp³-hybridized carbons (Fsp3) is 0.296. The van der Waals surface area contributed by atoms with Crippen LogP contribution in [0, 0.1) is 19.7 Å². The standard InChI is InChI=1S/C27H28ClFN4O2/c1-18-4-6-21(7-5-18)17-33-27(28)23(19(2)30-33)9-11-26(35)32-14-12-31(13-15-32)25-10-8-22(20(3)34)16-24(25)29/h4-11,16H,12-15,17H2,1-3H3/b11-9+. The summed E-state index contributed by atoms with van der Waals surface area (Å²) < 4.78 is 16.2. The third kappa shape index (κ3) is 5.62. The molecular formula is C27H28ClFN4O2. The van der Waals surface area contributed by atoms with E-state index in [2.05, 4.69) is 5.10 Å². The second-order valence-electron chi connectivity index (χ2n) is 8.80. The van der Waals surface area contributed by atoms with Crippen LogP contribution in [0.2, 0.25) is 5.15 Å². The lowest BCUT2D eigenvalue weighted by molar-refractivity contribution is -0.126. The summed E-state index contributed by atoms with van der Waals surface area (Å²) in [4.78, 5) is 27.9. The van der Waals surface area contributed by atoms with Crippen molar-refractivity contribution >= 4 is 35.1 Å². The van der Waals surface area contributed by atoms with E-state index < -0.39 is 5.82 Å². The summed E-state index contributed by atoms with van der Waals surface area (Å²) in [7, 11) is 0. The van der Waals surface area contributed by atoms with Crippen molar-refractivity contribution in [1.29, 1.82) is 0 Å². The molecular weight excluding hydrogens is 467 g/mol. The number of hydrogen-bond donors (Lipinski definition) is 0. The number of ketones is 1. The van der Waals surface area contributed by atoms with E-state index >= 15 is 0 Å². The molecule has 182 valence electrons. The Morgan fingerprint density at radius 1 is 1.06 bits per heavy atom. The second-order valence-corrected chi connectivity index (χ2v) is 9.16. The molecule has 0 N–H and O–H groups in total. The van der Waals surface area contributed by atoms with Crippen LogP contribution in [0.5, 0.6) is 0 Å². The van der Waals surface area contributed by atoms with Crippen molar-refractivity contribution in [3.8, 4) is 0 Å². The zero-order valence-corrected chi connectivity index (χ0v) is 20.8. The summed E-state index contributed by atoms with van der Waals surface area (Å²) in [5.74, 6) is -0.724. The summed E-state index contributed by atoms with van der Waals surface area (Å²) in [6.07, 6.45) is 3.23. The Bertz CT molecular complexity index is 1280. The van der Waals surface area contributed by atoms with Crippen LogP contribution in [0.25, 0.3) is 6.08 Å². The number of rotatable bonds is 6. The van der Waals surface area contributed by atoms with Gasteiger partial charge >= 0.3 is 0 Å². The predicted octanol–water partition coefficient (Wildman–Crippen LogP) is 4.91. The molecule has 0 saturated carbocycles. The van der Waals surface area contributed by atoms with Gasteiger partial charge in [-0.2, -0.15) is 5.10 Å². The van der Waals surface area contributed by atoms with Gasteiger partial charge in [-0.1, -0.05) is 41.4 Å². The number of piperazine rings is 1. The quantitative estimate of drug-likeness (QED) is 0.361. The Morgan fingerprint density at radius 2 is 1.74 bits per heavy atom. The summed E-state index contributed by atoms with van der Waals surface area (Å²) >= 11 is 6.57. The number of hydrogen-bond acceptors (Lipinski definition) is 4.